The highest BCUT2D eigenvalue weighted by molar-refractivity contribution is 7.09. The SMILES string of the molecule is COC[C@H](Nc1nc(C(C)C)ns1)C(N)=O. The van der Waals surface area contributed by atoms with Crippen molar-refractivity contribution in [2.24, 2.45) is 5.73 Å². The predicted octanol–water partition coefficient (Wildman–Crippen LogP) is 0.574. The number of ether oxygens (including phenoxy) is 1. The number of carbonyl (C=O) groups is 1. The first-order valence-electron chi connectivity index (χ1n) is 4.93. The molecule has 0 aliphatic rings. The number of carbonyl (C=O) groups excluding carboxylic acids is 1. The third-order valence-corrected chi connectivity index (χ3v) is 2.59. The molecule has 6 nitrogen and oxygen atoms in total. The maximum absolute atomic E-state index is 11.1. The minimum absolute atomic E-state index is 0.214. The van der Waals surface area contributed by atoms with E-state index in [2.05, 4.69) is 14.7 Å². The van der Waals surface area contributed by atoms with Crippen LogP contribution in [0, 0.1) is 0 Å². The van der Waals surface area contributed by atoms with Crippen LogP contribution in [0.4, 0.5) is 5.13 Å². The molecule has 1 aromatic heterocycles. The number of primary amides is 1. The summed E-state index contributed by atoms with van der Waals surface area (Å²) in [6.07, 6.45) is 0. The fraction of sp³-hybridized carbons (Fsp3) is 0.667. The Morgan fingerprint density at radius 1 is 1.62 bits per heavy atom. The molecule has 0 saturated heterocycles. The van der Waals surface area contributed by atoms with Crippen LogP contribution < -0.4 is 11.1 Å². The molecule has 3 N–H and O–H groups in total. The highest BCUT2D eigenvalue weighted by Crippen LogP contribution is 2.17. The predicted molar refractivity (Wildman–Crippen MR) is 62.5 cm³/mol. The van der Waals surface area contributed by atoms with E-state index in [1.54, 1.807) is 0 Å². The molecule has 7 heteroatoms. The van der Waals surface area contributed by atoms with Crippen LogP contribution in [-0.4, -0.2) is 35.0 Å². The van der Waals surface area contributed by atoms with Gasteiger partial charge in [-0.15, -0.1) is 0 Å². The van der Waals surface area contributed by atoms with E-state index in [4.69, 9.17) is 10.5 Å². The van der Waals surface area contributed by atoms with Crippen LogP contribution in [-0.2, 0) is 9.53 Å². The lowest BCUT2D eigenvalue weighted by atomic mass is 10.2. The van der Waals surface area contributed by atoms with Crippen LogP contribution in [0.1, 0.15) is 25.6 Å². The van der Waals surface area contributed by atoms with Crippen LogP contribution in [0.3, 0.4) is 0 Å². The number of nitrogens with two attached hydrogens (primary N) is 1. The Hall–Kier alpha value is -1.21. The molecule has 1 aromatic rings. The molecule has 0 aliphatic heterocycles. The molecular weight excluding hydrogens is 228 g/mol. The standard InChI is InChI=1S/C9H16N4O2S/c1-5(2)8-12-9(16-13-8)11-6(4-15-3)7(10)14/h5-6H,4H2,1-3H3,(H2,10,14)(H,11,12,13)/t6-/m0/s1. The van der Waals surface area contributed by atoms with E-state index in [-0.39, 0.29) is 12.5 Å². The monoisotopic (exact) mass is 244 g/mol. The lowest BCUT2D eigenvalue weighted by Crippen LogP contribution is -2.38. The molecule has 16 heavy (non-hydrogen) atoms. The Morgan fingerprint density at radius 3 is 2.75 bits per heavy atom. The number of aromatic nitrogens is 2. The highest BCUT2D eigenvalue weighted by atomic mass is 32.1. The van der Waals surface area contributed by atoms with Crippen molar-refractivity contribution < 1.29 is 9.53 Å². The topological polar surface area (TPSA) is 90.1 Å². The van der Waals surface area contributed by atoms with Crippen molar-refractivity contribution in [3.8, 4) is 0 Å². The molecule has 0 spiro atoms. The fourth-order valence-corrected chi connectivity index (χ4v) is 1.80. The van der Waals surface area contributed by atoms with Crippen LogP contribution in [0.25, 0.3) is 0 Å². The van der Waals surface area contributed by atoms with Gasteiger partial charge in [0.15, 0.2) is 0 Å². The molecule has 1 rings (SSSR count). The second kappa shape index (κ2) is 5.76. The lowest BCUT2D eigenvalue weighted by Gasteiger charge is -2.12. The molecule has 0 aliphatic carbocycles. The zero-order chi connectivity index (χ0) is 12.1. The number of anilines is 1. The van der Waals surface area contributed by atoms with Crippen LogP contribution in [0.15, 0.2) is 0 Å². The molecule has 0 unspecified atom stereocenters. The highest BCUT2D eigenvalue weighted by Gasteiger charge is 2.17. The third kappa shape index (κ3) is 3.42. The average Bonchev–Trinajstić information content (AvgIpc) is 2.65. The van der Waals surface area contributed by atoms with Gasteiger partial charge in [-0.3, -0.25) is 4.79 Å². The Morgan fingerprint density at radius 2 is 2.31 bits per heavy atom. The van der Waals surface area contributed by atoms with Crippen molar-refractivity contribution in [3.63, 3.8) is 0 Å². The van der Waals surface area contributed by atoms with Gasteiger partial charge in [0.05, 0.1) is 6.61 Å². The first-order chi connectivity index (χ1) is 7.54. The molecule has 1 heterocycles. The molecule has 0 saturated carbocycles. The summed E-state index contributed by atoms with van der Waals surface area (Å²) in [6.45, 7) is 4.23. The van der Waals surface area contributed by atoms with Gasteiger partial charge < -0.3 is 15.8 Å². The Kier molecular flexibility index (Phi) is 4.63. The maximum atomic E-state index is 11.1. The van der Waals surface area contributed by atoms with Gasteiger partial charge in [-0.1, -0.05) is 13.8 Å². The first-order valence-corrected chi connectivity index (χ1v) is 5.70. The van der Waals surface area contributed by atoms with Crippen molar-refractivity contribution in [2.45, 2.75) is 25.8 Å². The molecule has 1 amide bonds. The summed E-state index contributed by atoms with van der Waals surface area (Å²) in [5, 5.41) is 3.49. The second-order valence-electron chi connectivity index (χ2n) is 3.67. The summed E-state index contributed by atoms with van der Waals surface area (Å²) in [5.41, 5.74) is 5.21. The molecule has 90 valence electrons. The van der Waals surface area contributed by atoms with Gasteiger partial charge in [-0.25, -0.2) is 4.98 Å². The number of methoxy groups -OCH3 is 1. The zero-order valence-corrected chi connectivity index (χ0v) is 10.4. The van der Waals surface area contributed by atoms with Crippen molar-refractivity contribution in [2.75, 3.05) is 19.0 Å². The van der Waals surface area contributed by atoms with E-state index < -0.39 is 11.9 Å². The van der Waals surface area contributed by atoms with E-state index in [1.807, 2.05) is 13.8 Å². The molecule has 0 fully saturated rings. The van der Waals surface area contributed by atoms with E-state index in [1.165, 1.54) is 18.6 Å². The zero-order valence-electron chi connectivity index (χ0n) is 9.56. The van der Waals surface area contributed by atoms with Gasteiger partial charge in [0.2, 0.25) is 11.0 Å². The maximum Gasteiger partial charge on any atom is 0.242 e. The van der Waals surface area contributed by atoms with E-state index in [0.29, 0.717) is 5.13 Å². The number of hydrogen-bond acceptors (Lipinski definition) is 6. The third-order valence-electron chi connectivity index (χ3n) is 1.93. The molecule has 1 atom stereocenters. The van der Waals surface area contributed by atoms with Gasteiger partial charge in [-0.2, -0.15) is 4.37 Å². The summed E-state index contributed by atoms with van der Waals surface area (Å²) >= 11 is 1.21. The molecule has 0 bridgehead atoms. The van der Waals surface area contributed by atoms with E-state index in [0.717, 1.165) is 5.82 Å². The van der Waals surface area contributed by atoms with Crippen molar-refractivity contribution in [1.82, 2.24) is 9.36 Å². The van der Waals surface area contributed by atoms with Gasteiger partial charge in [-0.05, 0) is 0 Å². The number of amides is 1. The van der Waals surface area contributed by atoms with Crippen molar-refractivity contribution >= 4 is 22.6 Å². The van der Waals surface area contributed by atoms with E-state index >= 15 is 0 Å². The summed E-state index contributed by atoms with van der Waals surface area (Å²) in [4.78, 5) is 15.3. The molecule has 0 aromatic carbocycles. The van der Waals surface area contributed by atoms with Gasteiger partial charge in [0, 0.05) is 24.6 Å². The average molecular weight is 244 g/mol. The summed E-state index contributed by atoms with van der Waals surface area (Å²) < 4.78 is 9.05. The number of rotatable bonds is 6. The largest absolute Gasteiger partial charge is 0.382 e. The normalized spacial score (nSPS) is 12.8. The smallest absolute Gasteiger partial charge is 0.242 e. The molecular formula is C9H16N4O2S. The van der Waals surface area contributed by atoms with Gasteiger partial charge >= 0.3 is 0 Å². The Bertz CT molecular complexity index is 353. The summed E-state index contributed by atoms with van der Waals surface area (Å²) in [6, 6.07) is -0.571. The van der Waals surface area contributed by atoms with Crippen molar-refractivity contribution in [3.05, 3.63) is 5.82 Å². The minimum atomic E-state index is -0.571. The first kappa shape index (κ1) is 12.9. The van der Waals surface area contributed by atoms with Gasteiger partial charge in [0.25, 0.3) is 0 Å². The second-order valence-corrected chi connectivity index (χ2v) is 4.42. The van der Waals surface area contributed by atoms with E-state index in [9.17, 15) is 4.79 Å². The lowest BCUT2D eigenvalue weighted by molar-refractivity contribution is -0.119. The van der Waals surface area contributed by atoms with Crippen LogP contribution in [0.5, 0.6) is 0 Å². The van der Waals surface area contributed by atoms with Crippen LogP contribution in [0.2, 0.25) is 0 Å². The number of nitrogens with zero attached hydrogens (tertiary/aromatic N) is 2. The summed E-state index contributed by atoms with van der Waals surface area (Å²) in [5.74, 6) is 0.553. The quantitative estimate of drug-likeness (QED) is 0.763. The summed E-state index contributed by atoms with van der Waals surface area (Å²) in [7, 11) is 1.51. The Labute approximate surface area is 98.4 Å². The van der Waals surface area contributed by atoms with Gasteiger partial charge in [0.1, 0.15) is 11.9 Å². The van der Waals surface area contributed by atoms with Crippen molar-refractivity contribution in [1.29, 1.82) is 0 Å². The number of nitrogens with one attached hydrogen (secondary N) is 1. The van der Waals surface area contributed by atoms with Crippen LogP contribution >= 0.6 is 11.5 Å². The molecule has 0 radical (unpaired) electrons. The Balaban J connectivity index is 2.66. The minimum Gasteiger partial charge on any atom is -0.382 e. The number of hydrogen-bond donors (Lipinski definition) is 2. The fourth-order valence-electron chi connectivity index (χ4n) is 1.04.